The van der Waals surface area contributed by atoms with Crippen LogP contribution in [-0.4, -0.2) is 62.3 Å². The monoisotopic (exact) mass is 720 g/mol. The molecule has 0 bridgehead atoms. The molecule has 0 spiro atoms. The normalized spacial score (nSPS) is 16.1. The first-order valence-electron chi connectivity index (χ1n) is 16.7. The fourth-order valence-electron chi connectivity index (χ4n) is 6.06. The number of nitrogens with zero attached hydrogens (tertiary/aromatic N) is 2. The summed E-state index contributed by atoms with van der Waals surface area (Å²) in [7, 11) is 2.45. The van der Waals surface area contributed by atoms with Crippen LogP contribution in [-0.2, 0) is 28.4 Å². The van der Waals surface area contributed by atoms with Gasteiger partial charge in [0.1, 0.15) is 0 Å². The summed E-state index contributed by atoms with van der Waals surface area (Å²) in [5, 5.41) is 8.89. The smallest absolute Gasteiger partial charge is 0.416 e. The number of hydrogen-bond acceptors (Lipinski definition) is 7. The maximum atomic E-state index is 13.7. The lowest BCUT2D eigenvalue weighted by Gasteiger charge is -2.42. The molecule has 2 atom stereocenters. The molecule has 0 aromatic heterocycles. The van der Waals surface area contributed by atoms with E-state index in [1.54, 1.807) is 26.0 Å². The quantitative estimate of drug-likeness (QED) is 0.136. The molecule has 1 N–H and O–H groups in total. The highest BCUT2D eigenvalue weighted by molar-refractivity contribution is 5.91. The molecule has 2 aromatic rings. The van der Waals surface area contributed by atoms with Crippen LogP contribution in [0.25, 0.3) is 0 Å². The Labute approximate surface area is 288 Å². The molecule has 1 heterocycles. The van der Waals surface area contributed by atoms with E-state index in [1.807, 2.05) is 0 Å². The Morgan fingerprint density at radius 1 is 0.860 bits per heavy atom. The summed E-state index contributed by atoms with van der Waals surface area (Å²) in [6.07, 6.45) is -4.11. The number of fused-ring (bicyclic) bond motifs is 1. The van der Waals surface area contributed by atoms with Gasteiger partial charge < -0.3 is 24.1 Å². The van der Waals surface area contributed by atoms with Gasteiger partial charge in [-0.25, -0.2) is 9.59 Å². The molecule has 0 fully saturated rings. The number of anilines is 1. The molecule has 50 heavy (non-hydrogen) atoms. The number of rotatable bonds is 16. The van der Waals surface area contributed by atoms with Gasteiger partial charge in [0.15, 0.2) is 11.5 Å². The van der Waals surface area contributed by atoms with Crippen LogP contribution in [0.4, 0.5) is 41.6 Å². The van der Waals surface area contributed by atoms with E-state index in [4.69, 9.17) is 24.1 Å². The Kier molecular flexibility index (Phi) is 14.9. The second-order valence-electron chi connectivity index (χ2n) is 12.1. The van der Waals surface area contributed by atoms with E-state index in [0.29, 0.717) is 30.1 Å². The van der Waals surface area contributed by atoms with Gasteiger partial charge in [-0.3, -0.25) is 9.80 Å². The highest BCUT2D eigenvalue weighted by Gasteiger charge is 2.42. The zero-order chi connectivity index (χ0) is 37.1. The van der Waals surface area contributed by atoms with Crippen molar-refractivity contribution in [3.63, 3.8) is 0 Å². The number of unbranched alkanes of at least 4 members (excludes halogenated alkanes) is 7. The minimum Gasteiger partial charge on any atom is -0.493 e. The van der Waals surface area contributed by atoms with E-state index in [9.17, 15) is 35.9 Å². The molecule has 15 heteroatoms. The number of amides is 2. The van der Waals surface area contributed by atoms with Gasteiger partial charge in [-0.1, -0.05) is 38.5 Å². The molecular formula is C35H46F6N2O7. The average Bonchev–Trinajstić information content (AvgIpc) is 3.06. The molecule has 1 aliphatic heterocycles. The first-order valence-corrected chi connectivity index (χ1v) is 16.7. The largest absolute Gasteiger partial charge is 0.493 e. The van der Waals surface area contributed by atoms with E-state index in [0.717, 1.165) is 63.4 Å². The third-order valence-electron chi connectivity index (χ3n) is 8.50. The number of alkyl halides is 6. The highest BCUT2D eigenvalue weighted by Crippen LogP contribution is 2.47. The van der Waals surface area contributed by atoms with Crippen LogP contribution in [0.3, 0.4) is 0 Å². The molecule has 2 aromatic carbocycles. The van der Waals surface area contributed by atoms with Crippen molar-refractivity contribution in [3.05, 3.63) is 52.6 Å². The second kappa shape index (κ2) is 18.4. The topological polar surface area (TPSA) is 97.8 Å². The number of hydrogen-bond donors (Lipinski definition) is 1. The van der Waals surface area contributed by atoms with Crippen LogP contribution in [0.2, 0.25) is 0 Å². The minimum absolute atomic E-state index is 0.0224. The molecule has 0 unspecified atom stereocenters. The molecule has 280 valence electrons. The Hall–Kier alpha value is -3.88. The highest BCUT2D eigenvalue weighted by atomic mass is 19.4. The predicted molar refractivity (Wildman–Crippen MR) is 173 cm³/mol. The van der Waals surface area contributed by atoms with Crippen LogP contribution < -0.4 is 14.4 Å². The Balaban J connectivity index is 1.98. The van der Waals surface area contributed by atoms with Gasteiger partial charge in [0, 0.05) is 30.8 Å². The van der Waals surface area contributed by atoms with Gasteiger partial charge in [0.05, 0.1) is 50.3 Å². The maximum Gasteiger partial charge on any atom is 0.416 e. The molecule has 9 nitrogen and oxygen atoms in total. The number of carbonyl (C=O) groups excluding carboxylic acids is 2. The molecule has 0 saturated heterocycles. The van der Waals surface area contributed by atoms with E-state index in [2.05, 4.69) is 0 Å². The summed E-state index contributed by atoms with van der Waals surface area (Å²) in [5.41, 5.74) is -2.84. The Bertz CT molecular complexity index is 1390. The number of benzene rings is 2. The van der Waals surface area contributed by atoms with Crippen molar-refractivity contribution in [2.45, 2.75) is 103 Å². The van der Waals surface area contributed by atoms with Crippen molar-refractivity contribution >= 4 is 17.9 Å². The lowest BCUT2D eigenvalue weighted by Crippen LogP contribution is -2.47. The zero-order valence-corrected chi connectivity index (χ0v) is 28.8. The fourth-order valence-corrected chi connectivity index (χ4v) is 6.06. The summed E-state index contributed by atoms with van der Waals surface area (Å²) in [5.74, 6) is 0.550. The number of ether oxygens (including phenoxy) is 4. The van der Waals surface area contributed by atoms with Crippen molar-refractivity contribution in [3.8, 4) is 11.5 Å². The molecule has 1 aliphatic rings. The third kappa shape index (κ3) is 10.8. The molecule has 0 aliphatic carbocycles. The van der Waals surface area contributed by atoms with Gasteiger partial charge in [0.25, 0.3) is 0 Å². The first kappa shape index (κ1) is 40.5. The number of halogens is 6. The molecular weight excluding hydrogens is 674 g/mol. The van der Waals surface area contributed by atoms with Crippen LogP contribution >= 0.6 is 0 Å². The second-order valence-corrected chi connectivity index (χ2v) is 12.1. The lowest BCUT2D eigenvalue weighted by molar-refractivity contribution is -0.143. The van der Waals surface area contributed by atoms with Crippen molar-refractivity contribution in [1.82, 2.24) is 4.90 Å². The van der Waals surface area contributed by atoms with Crippen LogP contribution in [0, 0.1) is 0 Å². The van der Waals surface area contributed by atoms with Crippen molar-refractivity contribution < 1.29 is 60.0 Å². The van der Waals surface area contributed by atoms with Gasteiger partial charge in [-0.05, 0) is 62.9 Å². The van der Waals surface area contributed by atoms with Crippen LogP contribution in [0.15, 0.2) is 30.3 Å². The number of methoxy groups -OCH3 is 2. The summed E-state index contributed by atoms with van der Waals surface area (Å²) in [6, 6.07) is 2.66. The maximum absolute atomic E-state index is 13.7. The fraction of sp³-hybridized carbons (Fsp3) is 0.600. The summed E-state index contributed by atoms with van der Waals surface area (Å²) in [6.45, 7) is 3.25. The Morgan fingerprint density at radius 2 is 1.44 bits per heavy atom. The number of carbonyl (C=O) groups is 2. The van der Waals surface area contributed by atoms with Gasteiger partial charge >= 0.3 is 24.5 Å². The molecule has 2 amide bonds. The minimum atomic E-state index is -5.08. The summed E-state index contributed by atoms with van der Waals surface area (Å²) < 4.78 is 104. The van der Waals surface area contributed by atoms with Crippen molar-refractivity contribution in [2.24, 2.45) is 0 Å². The average molecular weight is 721 g/mol. The van der Waals surface area contributed by atoms with Gasteiger partial charge in [-0.15, -0.1) is 0 Å². The van der Waals surface area contributed by atoms with Crippen molar-refractivity contribution in [2.75, 3.05) is 38.9 Å². The van der Waals surface area contributed by atoms with Crippen LogP contribution in [0.5, 0.6) is 11.5 Å². The zero-order valence-electron chi connectivity index (χ0n) is 28.8. The third-order valence-corrected chi connectivity index (χ3v) is 8.50. The van der Waals surface area contributed by atoms with Gasteiger partial charge in [0.2, 0.25) is 0 Å². The number of aliphatic hydroxyl groups is 1. The number of aliphatic hydroxyl groups excluding tert-OH is 1. The van der Waals surface area contributed by atoms with E-state index >= 15 is 0 Å². The predicted octanol–water partition coefficient (Wildman–Crippen LogP) is 9.29. The van der Waals surface area contributed by atoms with E-state index in [-0.39, 0.29) is 37.1 Å². The summed E-state index contributed by atoms with van der Waals surface area (Å²) in [4.78, 5) is 28.9. The van der Waals surface area contributed by atoms with Crippen LogP contribution in [0.1, 0.15) is 99.9 Å². The summed E-state index contributed by atoms with van der Waals surface area (Å²) >= 11 is 0. The van der Waals surface area contributed by atoms with Gasteiger partial charge in [-0.2, -0.15) is 26.3 Å². The lowest BCUT2D eigenvalue weighted by atomic mass is 9.90. The molecule has 0 radical (unpaired) electrons. The van der Waals surface area contributed by atoms with E-state index in [1.165, 1.54) is 12.0 Å². The molecule has 3 rings (SSSR count). The van der Waals surface area contributed by atoms with Crippen molar-refractivity contribution in [1.29, 1.82) is 0 Å². The van der Waals surface area contributed by atoms with E-state index < -0.39 is 59.9 Å². The first-order chi connectivity index (χ1) is 23.7. The molecule has 0 saturated carbocycles. The standard InChI is InChI=1S/C35H46F6N2O7/c1-5-49-33(46)43-23(2)16-28(42(32(45)48-4)22-24-17-25(34(36,37)38)19-26(18-24)35(39,40)41)27-20-30(47-3)31(21-29(27)43)50-15-13-11-9-7-6-8-10-12-14-44/h17-21,23,28,44H,5-16,22H2,1-4H3/t23-,28+/m0/s1. The SMILES string of the molecule is CCOC(=O)N1c2cc(OCCCCCCCCCCO)c(OC)cc2[C@H](N(Cc2cc(C(F)(F)F)cc(C(F)(F)F)c2)C(=O)OC)C[C@@H]1C. The Morgan fingerprint density at radius 3 is 1.96 bits per heavy atom.